The number of hydrogen-bond acceptors (Lipinski definition) is 11. The van der Waals surface area contributed by atoms with Gasteiger partial charge in [0, 0.05) is 33.2 Å². The van der Waals surface area contributed by atoms with Crippen molar-refractivity contribution in [3.8, 4) is 0 Å². The number of likely N-dealkylation sites (tertiary alicyclic amines) is 4. The summed E-state index contributed by atoms with van der Waals surface area (Å²) in [5.74, 6) is -0.377. The number of likely N-dealkylation sites (N-methyl/N-ethyl adjacent to an activating group) is 1. The van der Waals surface area contributed by atoms with Gasteiger partial charge in [0.2, 0.25) is 17.7 Å². The van der Waals surface area contributed by atoms with Gasteiger partial charge in [-0.05, 0) is 123 Å². The highest BCUT2D eigenvalue weighted by atomic mass is 16.6. The zero-order chi connectivity index (χ0) is 54.7. The quantitative estimate of drug-likeness (QED) is 0.193. The van der Waals surface area contributed by atoms with E-state index in [2.05, 4.69) is 10.6 Å². The molecule has 418 valence electrons. The Hall–Kier alpha value is -6.07. The number of benzene rings is 2. The highest BCUT2D eigenvalue weighted by molar-refractivity contribution is 5.92. The molecule has 0 radical (unpaired) electrons. The van der Waals surface area contributed by atoms with Crippen LogP contribution in [-0.4, -0.2) is 153 Å². The Labute approximate surface area is 450 Å². The normalized spacial score (nSPS) is 22.9. The number of alkyl carbamates (subject to hydrolysis) is 1. The zero-order valence-electron chi connectivity index (χ0n) is 46.3. The summed E-state index contributed by atoms with van der Waals surface area (Å²) in [5.41, 5.74) is 0.563. The maximum atomic E-state index is 14.1. The molecule has 0 bridgehead atoms. The number of hydrogen-bond donors (Lipinski definition) is 2. The number of rotatable bonds is 12. The zero-order valence-corrected chi connectivity index (χ0v) is 46.3. The molecule has 0 aromatic heterocycles. The monoisotopic (exact) mass is 1060 g/mol. The van der Waals surface area contributed by atoms with Gasteiger partial charge in [-0.1, -0.05) is 99.2 Å². The second-order valence-corrected chi connectivity index (χ2v) is 23.6. The standard InChI is InChI=1S/C31H46N4O6.C27H39N3O5/c1-21(33(5)29(38)41-31(2,3)4)27(36)32-26(23-14-10-7-11-15-23)28(37)34-18-16-25-24(34)17-19-35(25)30(39)40-20-22-12-8-6-9-13-22;1-27(2,3)35-25(32)28-23(20-12-8-5-9-13-20)24(31)29-16-14-22-21(29)15-17-30(22)26(33)34-18-19-10-6-4-7-11-19/h6,8-9,12-13,21,23-26H,7,10-11,14-20H2,1-5H3,(H,32,36);4,6-7,10-11,20-23H,5,8-9,12-18H2,1-3H3,(H,28,32)/t21-,24+,25+,26-;21-,22-,23+/m01/s1. The van der Waals surface area contributed by atoms with E-state index >= 15 is 0 Å². The Morgan fingerprint density at radius 3 is 1.29 bits per heavy atom. The summed E-state index contributed by atoms with van der Waals surface area (Å²) < 4.78 is 22.1. The summed E-state index contributed by atoms with van der Waals surface area (Å²) in [6, 6.07) is 16.8. The minimum Gasteiger partial charge on any atom is -0.445 e. The Bertz CT molecular complexity index is 2300. The summed E-state index contributed by atoms with van der Waals surface area (Å²) in [5, 5.41) is 5.94. The fourth-order valence-electron chi connectivity index (χ4n) is 12.0. The Kier molecular flexibility index (Phi) is 19.6. The van der Waals surface area contributed by atoms with Crippen molar-refractivity contribution in [2.24, 2.45) is 11.8 Å². The number of ether oxygens (including phenoxy) is 4. The molecule has 18 nitrogen and oxygen atoms in total. The van der Waals surface area contributed by atoms with Gasteiger partial charge in [-0.3, -0.25) is 19.3 Å². The minimum absolute atomic E-state index is 0.0339. The van der Waals surface area contributed by atoms with Crippen LogP contribution in [0.3, 0.4) is 0 Å². The van der Waals surface area contributed by atoms with Gasteiger partial charge in [0.15, 0.2) is 0 Å². The summed E-state index contributed by atoms with van der Waals surface area (Å²) in [4.78, 5) is 101. The van der Waals surface area contributed by atoms with E-state index in [0.29, 0.717) is 39.0 Å². The molecule has 18 heteroatoms. The average Bonchev–Trinajstić information content (AvgIpc) is 4.21. The number of nitrogens with one attached hydrogen (secondary N) is 2. The van der Waals surface area contributed by atoms with Crippen LogP contribution in [0.25, 0.3) is 0 Å². The molecule has 0 spiro atoms. The molecule has 7 atom stereocenters. The molecule has 4 saturated heterocycles. The third-order valence-electron chi connectivity index (χ3n) is 16.0. The lowest BCUT2D eigenvalue weighted by Gasteiger charge is -2.36. The number of amides is 7. The lowest BCUT2D eigenvalue weighted by molar-refractivity contribution is -0.140. The molecule has 2 aliphatic carbocycles. The molecule has 4 aliphatic heterocycles. The van der Waals surface area contributed by atoms with E-state index < -0.39 is 41.5 Å². The average molecular weight is 1060 g/mol. The highest BCUT2D eigenvalue weighted by Gasteiger charge is 2.51. The van der Waals surface area contributed by atoms with Crippen molar-refractivity contribution < 1.29 is 52.5 Å². The van der Waals surface area contributed by atoms with Crippen LogP contribution in [0.2, 0.25) is 0 Å². The van der Waals surface area contributed by atoms with E-state index in [0.717, 1.165) is 88.2 Å². The maximum Gasteiger partial charge on any atom is 0.410 e. The fourth-order valence-corrected chi connectivity index (χ4v) is 12.0. The van der Waals surface area contributed by atoms with Crippen LogP contribution in [0, 0.1) is 11.8 Å². The largest absolute Gasteiger partial charge is 0.445 e. The van der Waals surface area contributed by atoms with E-state index in [4.69, 9.17) is 18.9 Å². The van der Waals surface area contributed by atoms with Gasteiger partial charge in [-0.15, -0.1) is 0 Å². The molecule has 2 aromatic carbocycles. The first kappa shape index (κ1) is 57.6. The SMILES string of the molecule is CC(C)(C)OC(=O)N[C@H](C(=O)N1CC[C@@H]2[C@H]1CCN2C(=O)OCc1ccccc1)C1CCCCC1.C[C@@H](C(=O)N[C@H](C(=O)N1CC[C@@H]2[C@H]1CCN2C(=O)OCc1ccccc1)C1CCCCC1)N(C)C(=O)OC(C)(C)C. The summed E-state index contributed by atoms with van der Waals surface area (Å²) in [7, 11) is 1.53. The van der Waals surface area contributed by atoms with Crippen LogP contribution in [0.5, 0.6) is 0 Å². The third kappa shape index (κ3) is 15.1. The van der Waals surface area contributed by atoms with E-state index in [1.165, 1.54) is 11.9 Å². The molecule has 2 aromatic rings. The van der Waals surface area contributed by atoms with Crippen molar-refractivity contribution in [1.29, 1.82) is 0 Å². The van der Waals surface area contributed by atoms with Crippen molar-refractivity contribution in [3.05, 3.63) is 71.8 Å². The van der Waals surface area contributed by atoms with Gasteiger partial charge in [-0.25, -0.2) is 19.2 Å². The molecule has 4 heterocycles. The molecule has 7 amide bonds. The number of carbonyl (C=O) groups excluding carboxylic acids is 7. The molecule has 76 heavy (non-hydrogen) atoms. The molecule has 0 unspecified atom stereocenters. The van der Waals surface area contributed by atoms with Crippen LogP contribution in [0.1, 0.15) is 149 Å². The molecule has 2 N–H and O–H groups in total. The van der Waals surface area contributed by atoms with Crippen molar-refractivity contribution in [2.75, 3.05) is 33.2 Å². The van der Waals surface area contributed by atoms with Crippen LogP contribution in [0.15, 0.2) is 60.7 Å². The van der Waals surface area contributed by atoms with Crippen molar-refractivity contribution in [3.63, 3.8) is 0 Å². The van der Waals surface area contributed by atoms with Crippen LogP contribution >= 0.6 is 0 Å². The Morgan fingerprint density at radius 2 is 0.895 bits per heavy atom. The van der Waals surface area contributed by atoms with Gasteiger partial charge in [-0.2, -0.15) is 0 Å². The summed E-state index contributed by atoms with van der Waals surface area (Å²) >= 11 is 0. The van der Waals surface area contributed by atoms with E-state index in [1.54, 1.807) is 37.5 Å². The number of carbonyl (C=O) groups is 7. The fraction of sp³-hybridized carbons (Fsp3) is 0.672. The minimum atomic E-state index is -0.809. The van der Waals surface area contributed by atoms with Crippen LogP contribution in [-0.2, 0) is 46.5 Å². The van der Waals surface area contributed by atoms with Crippen molar-refractivity contribution in [1.82, 2.24) is 35.1 Å². The van der Waals surface area contributed by atoms with Gasteiger partial charge >= 0.3 is 24.4 Å². The van der Waals surface area contributed by atoms with Crippen molar-refractivity contribution in [2.45, 2.75) is 205 Å². The maximum absolute atomic E-state index is 14.1. The van der Waals surface area contributed by atoms with Gasteiger partial charge in [0.1, 0.15) is 42.5 Å². The number of nitrogens with zero attached hydrogens (tertiary/aromatic N) is 5. The van der Waals surface area contributed by atoms with Gasteiger partial charge in [0.25, 0.3) is 0 Å². The van der Waals surface area contributed by atoms with E-state index in [9.17, 15) is 33.6 Å². The molecular weight excluding hydrogens is 971 g/mol. The first-order valence-corrected chi connectivity index (χ1v) is 28.0. The predicted octanol–water partition coefficient (Wildman–Crippen LogP) is 8.79. The topological polar surface area (TPSA) is 197 Å². The van der Waals surface area contributed by atoms with Gasteiger partial charge in [0.05, 0.1) is 24.2 Å². The lowest BCUT2D eigenvalue weighted by Crippen LogP contribution is -2.57. The van der Waals surface area contributed by atoms with Crippen LogP contribution in [0.4, 0.5) is 19.2 Å². The second-order valence-electron chi connectivity index (χ2n) is 23.6. The van der Waals surface area contributed by atoms with E-state index in [1.807, 2.05) is 91.2 Å². The van der Waals surface area contributed by atoms with E-state index in [-0.39, 0.29) is 79.1 Å². The van der Waals surface area contributed by atoms with Gasteiger partial charge < -0.3 is 49.2 Å². The molecule has 2 saturated carbocycles. The lowest BCUT2D eigenvalue weighted by atomic mass is 9.83. The molecule has 8 rings (SSSR count). The predicted molar refractivity (Wildman–Crippen MR) is 285 cm³/mol. The smallest absolute Gasteiger partial charge is 0.410 e. The first-order valence-electron chi connectivity index (χ1n) is 28.0. The number of fused-ring (bicyclic) bond motifs is 2. The third-order valence-corrected chi connectivity index (χ3v) is 16.0. The second kappa shape index (κ2) is 25.8. The summed E-state index contributed by atoms with van der Waals surface area (Å²) in [6.07, 6.45) is 11.0. The van der Waals surface area contributed by atoms with Crippen LogP contribution < -0.4 is 10.6 Å². The molecule has 6 aliphatic rings. The van der Waals surface area contributed by atoms with Crippen molar-refractivity contribution >= 4 is 42.1 Å². The first-order chi connectivity index (χ1) is 36.2. The molecule has 6 fully saturated rings. The summed E-state index contributed by atoms with van der Waals surface area (Å²) in [6.45, 7) is 15.1. The molecular formula is C58H85N7O11. The highest BCUT2D eigenvalue weighted by Crippen LogP contribution is 2.37. The Balaban J connectivity index is 0.000000224. The Morgan fingerprint density at radius 1 is 0.526 bits per heavy atom.